The molecular weight excluding hydrogens is 398 g/mol. The summed E-state index contributed by atoms with van der Waals surface area (Å²) in [5, 5.41) is 0.575. The third-order valence-electron chi connectivity index (χ3n) is 5.90. The van der Waals surface area contributed by atoms with Crippen LogP contribution in [0.5, 0.6) is 0 Å². The van der Waals surface area contributed by atoms with E-state index in [4.69, 9.17) is 16.3 Å². The van der Waals surface area contributed by atoms with E-state index in [2.05, 4.69) is 32.6 Å². The number of carbonyl (C=O) groups excluding carboxylic acids is 2. The molecule has 1 saturated carbocycles. The molecule has 0 aliphatic heterocycles. The lowest BCUT2D eigenvalue weighted by molar-refractivity contribution is -0.135. The molecule has 30 heavy (non-hydrogen) atoms. The molecule has 0 radical (unpaired) electrons. The predicted molar refractivity (Wildman–Crippen MR) is 121 cm³/mol. The highest BCUT2D eigenvalue weighted by molar-refractivity contribution is 6.31. The Balaban J connectivity index is 1.83. The lowest BCUT2D eigenvalue weighted by atomic mass is 9.68. The van der Waals surface area contributed by atoms with Crippen LogP contribution < -0.4 is 4.90 Å². The van der Waals surface area contributed by atoms with Crippen molar-refractivity contribution < 1.29 is 14.3 Å². The van der Waals surface area contributed by atoms with Crippen molar-refractivity contribution in [3.05, 3.63) is 64.7 Å². The molecule has 0 amide bonds. The van der Waals surface area contributed by atoms with Crippen LogP contribution in [0.3, 0.4) is 0 Å². The van der Waals surface area contributed by atoms with Crippen LogP contribution in [-0.4, -0.2) is 30.9 Å². The van der Waals surface area contributed by atoms with E-state index in [1.54, 1.807) is 12.1 Å². The van der Waals surface area contributed by atoms with Crippen LogP contribution in [0, 0.1) is 5.41 Å². The Morgan fingerprint density at radius 3 is 2.47 bits per heavy atom. The Hall–Kier alpha value is -2.33. The lowest BCUT2D eigenvalue weighted by Gasteiger charge is -2.39. The number of anilines is 1. The fourth-order valence-corrected chi connectivity index (χ4v) is 4.57. The Morgan fingerprint density at radius 2 is 1.80 bits per heavy atom. The average Bonchev–Trinajstić information content (AvgIpc) is 2.72. The Bertz CT molecular complexity index is 920. The fraction of sp³-hybridized carbons (Fsp3) is 0.440. The van der Waals surface area contributed by atoms with Gasteiger partial charge in [0, 0.05) is 29.7 Å². The minimum atomic E-state index is -0.778. The summed E-state index contributed by atoms with van der Waals surface area (Å²) < 4.78 is 5.77. The van der Waals surface area contributed by atoms with Gasteiger partial charge in [0.1, 0.15) is 0 Å². The van der Waals surface area contributed by atoms with Crippen molar-refractivity contribution in [2.24, 2.45) is 5.41 Å². The van der Waals surface area contributed by atoms with Crippen molar-refractivity contribution >= 4 is 29.0 Å². The minimum absolute atomic E-state index is 0.0735. The Kier molecular flexibility index (Phi) is 6.87. The quantitative estimate of drug-likeness (QED) is 0.539. The number of hydrogen-bond donors (Lipinski definition) is 0. The molecule has 0 bridgehead atoms. The van der Waals surface area contributed by atoms with Crippen molar-refractivity contribution in [1.82, 2.24) is 0 Å². The summed E-state index contributed by atoms with van der Waals surface area (Å²) in [5.41, 5.74) is 2.09. The highest BCUT2D eigenvalue weighted by atomic mass is 35.5. The number of rotatable bonds is 6. The number of nitrogens with zero attached hydrogens (tertiary/aromatic N) is 1. The maximum Gasteiger partial charge on any atom is 0.338 e. The Morgan fingerprint density at radius 1 is 1.10 bits per heavy atom. The van der Waals surface area contributed by atoms with E-state index in [1.165, 1.54) is 0 Å². The number of hydrogen-bond acceptors (Lipinski definition) is 4. The smallest absolute Gasteiger partial charge is 0.338 e. The van der Waals surface area contributed by atoms with Gasteiger partial charge in [0.05, 0.1) is 5.56 Å². The van der Waals surface area contributed by atoms with Crippen molar-refractivity contribution in [2.45, 2.75) is 52.6 Å². The van der Waals surface area contributed by atoms with Gasteiger partial charge in [0.25, 0.3) is 0 Å². The number of ether oxygens (including phenoxy) is 1. The van der Waals surface area contributed by atoms with Crippen molar-refractivity contribution in [2.75, 3.05) is 18.0 Å². The number of esters is 1. The summed E-state index contributed by atoms with van der Waals surface area (Å²) in [5.74, 6) is -0.907. The fourth-order valence-electron chi connectivity index (χ4n) is 4.30. The average molecular weight is 428 g/mol. The van der Waals surface area contributed by atoms with Crippen LogP contribution in [0.25, 0.3) is 0 Å². The molecule has 1 fully saturated rings. The Labute approximate surface area is 184 Å². The number of ketones is 1. The zero-order chi connectivity index (χ0) is 21.9. The van der Waals surface area contributed by atoms with Crippen LogP contribution in [-0.2, 0) is 9.53 Å². The lowest BCUT2D eigenvalue weighted by Crippen LogP contribution is -2.42. The van der Waals surface area contributed by atoms with Gasteiger partial charge in [0.15, 0.2) is 11.9 Å². The van der Waals surface area contributed by atoms with E-state index < -0.39 is 12.1 Å². The molecule has 0 spiro atoms. The van der Waals surface area contributed by atoms with Crippen LogP contribution >= 0.6 is 11.6 Å². The first-order valence-corrected chi connectivity index (χ1v) is 11.0. The molecule has 1 aliphatic carbocycles. The summed E-state index contributed by atoms with van der Waals surface area (Å²) in [4.78, 5) is 28.3. The van der Waals surface area contributed by atoms with Gasteiger partial charge in [0.2, 0.25) is 0 Å². The number of carbonyl (C=O) groups is 2. The maximum absolute atomic E-state index is 13.3. The van der Waals surface area contributed by atoms with Gasteiger partial charge in [-0.25, -0.2) is 4.79 Å². The highest BCUT2D eigenvalue weighted by Gasteiger charge is 2.43. The van der Waals surface area contributed by atoms with E-state index in [0.717, 1.165) is 24.3 Å². The molecule has 2 atom stereocenters. The standard InChI is InChI=1S/C25H30ClNO3/c1-5-27(6-2)18-11-9-10-17(14-18)24(29)30-22-16-25(3,4)15-20(23(22)28)19-12-7-8-13-21(19)26/h7-14,20,22H,5-6,15-16H2,1-4H3. The zero-order valence-corrected chi connectivity index (χ0v) is 18.9. The van der Waals surface area contributed by atoms with Crippen LogP contribution in [0.1, 0.15) is 62.4 Å². The van der Waals surface area contributed by atoms with E-state index >= 15 is 0 Å². The van der Waals surface area contributed by atoms with Crippen molar-refractivity contribution in [3.8, 4) is 0 Å². The van der Waals surface area contributed by atoms with Gasteiger partial charge in [-0.05, 0) is 61.9 Å². The molecule has 160 valence electrons. The molecule has 0 aromatic heterocycles. The monoisotopic (exact) mass is 427 g/mol. The van der Waals surface area contributed by atoms with Gasteiger partial charge in [-0.3, -0.25) is 4.79 Å². The molecular formula is C25H30ClNO3. The predicted octanol–water partition coefficient (Wildman–Crippen LogP) is 5.88. The molecule has 1 aliphatic rings. The van der Waals surface area contributed by atoms with Crippen LogP contribution in [0.2, 0.25) is 5.02 Å². The van der Waals surface area contributed by atoms with Crippen LogP contribution in [0.4, 0.5) is 5.69 Å². The minimum Gasteiger partial charge on any atom is -0.451 e. The topological polar surface area (TPSA) is 46.6 Å². The summed E-state index contributed by atoms with van der Waals surface area (Å²) in [7, 11) is 0. The van der Waals surface area contributed by atoms with Gasteiger partial charge in [-0.15, -0.1) is 0 Å². The summed E-state index contributed by atoms with van der Waals surface area (Å²) in [6, 6.07) is 14.8. The molecule has 5 heteroatoms. The van der Waals surface area contributed by atoms with E-state index in [-0.39, 0.29) is 17.1 Å². The number of benzene rings is 2. The molecule has 3 rings (SSSR count). The molecule has 2 unspecified atom stereocenters. The summed E-state index contributed by atoms with van der Waals surface area (Å²) in [6.45, 7) is 10.1. The largest absolute Gasteiger partial charge is 0.451 e. The second-order valence-electron chi connectivity index (χ2n) is 8.67. The molecule has 2 aromatic carbocycles. The number of halogens is 1. The first-order chi connectivity index (χ1) is 14.3. The molecule has 2 aromatic rings. The summed E-state index contributed by atoms with van der Waals surface area (Å²) in [6.07, 6.45) is 0.412. The van der Waals surface area contributed by atoms with E-state index in [0.29, 0.717) is 23.4 Å². The van der Waals surface area contributed by atoms with Crippen LogP contribution in [0.15, 0.2) is 48.5 Å². The highest BCUT2D eigenvalue weighted by Crippen LogP contribution is 2.44. The van der Waals surface area contributed by atoms with Crippen molar-refractivity contribution in [3.63, 3.8) is 0 Å². The van der Waals surface area contributed by atoms with Gasteiger partial charge in [-0.2, -0.15) is 0 Å². The first kappa shape index (κ1) is 22.4. The van der Waals surface area contributed by atoms with E-state index in [1.807, 2.05) is 36.4 Å². The van der Waals surface area contributed by atoms with Gasteiger partial charge < -0.3 is 9.64 Å². The SMILES string of the molecule is CCN(CC)c1cccc(C(=O)OC2CC(C)(C)CC(c3ccccc3Cl)C2=O)c1. The first-order valence-electron chi connectivity index (χ1n) is 10.6. The molecule has 0 heterocycles. The normalized spacial score (nSPS) is 20.6. The zero-order valence-electron chi connectivity index (χ0n) is 18.2. The van der Waals surface area contributed by atoms with Crippen molar-refractivity contribution in [1.29, 1.82) is 0 Å². The summed E-state index contributed by atoms with van der Waals surface area (Å²) >= 11 is 6.38. The molecule has 0 saturated heterocycles. The molecule has 0 N–H and O–H groups in total. The second kappa shape index (κ2) is 9.22. The van der Waals surface area contributed by atoms with Gasteiger partial charge >= 0.3 is 5.97 Å². The third kappa shape index (κ3) is 4.86. The third-order valence-corrected chi connectivity index (χ3v) is 6.24. The molecule has 4 nitrogen and oxygen atoms in total. The maximum atomic E-state index is 13.3. The number of Topliss-reactive ketones (excluding diaryl/α,β-unsaturated/α-hetero) is 1. The second-order valence-corrected chi connectivity index (χ2v) is 9.07. The van der Waals surface area contributed by atoms with E-state index in [9.17, 15) is 9.59 Å². The van der Waals surface area contributed by atoms with Gasteiger partial charge in [-0.1, -0.05) is 49.7 Å².